The van der Waals surface area contributed by atoms with Gasteiger partial charge in [-0.1, -0.05) is 11.6 Å². The van der Waals surface area contributed by atoms with Crippen molar-refractivity contribution >= 4 is 5.91 Å². The van der Waals surface area contributed by atoms with Crippen LogP contribution in [0.4, 0.5) is 0 Å². The molecule has 2 N–H and O–H groups in total. The Bertz CT molecular complexity index is 551. The van der Waals surface area contributed by atoms with E-state index in [1.54, 1.807) is 0 Å². The molecule has 1 aromatic rings. The van der Waals surface area contributed by atoms with Gasteiger partial charge in [-0.3, -0.25) is 4.79 Å². The molecule has 23 heavy (non-hydrogen) atoms. The molecule has 0 aromatic carbocycles. The Morgan fingerprint density at radius 3 is 2.87 bits per heavy atom. The number of nitrogens with one attached hydrogen (secondary N) is 2. The van der Waals surface area contributed by atoms with Gasteiger partial charge in [-0.05, 0) is 69.4 Å². The zero-order valence-electron chi connectivity index (χ0n) is 13.7. The van der Waals surface area contributed by atoms with Crippen molar-refractivity contribution in [3.63, 3.8) is 0 Å². The second kappa shape index (κ2) is 6.59. The van der Waals surface area contributed by atoms with Crippen LogP contribution >= 0.6 is 0 Å². The average molecular weight is 317 g/mol. The molecule has 4 rings (SSSR count). The molecule has 3 unspecified atom stereocenters. The van der Waals surface area contributed by atoms with Crippen molar-refractivity contribution in [2.75, 3.05) is 19.6 Å². The lowest BCUT2D eigenvalue weighted by atomic mass is 9.86. The quantitative estimate of drug-likeness (QED) is 0.868. The predicted octanol–water partition coefficient (Wildman–Crippen LogP) is 1.76. The molecule has 2 saturated carbocycles. The summed E-state index contributed by atoms with van der Waals surface area (Å²) in [5.74, 6) is 2.66. The molecule has 2 heterocycles. The third-order valence-electron chi connectivity index (χ3n) is 6.11. The molecular formula is C17H27N5O. The second-order valence-electron chi connectivity index (χ2n) is 7.54. The van der Waals surface area contributed by atoms with E-state index < -0.39 is 0 Å². The summed E-state index contributed by atoms with van der Waals surface area (Å²) in [6, 6.07) is 0.374. The van der Waals surface area contributed by atoms with Gasteiger partial charge in [-0.2, -0.15) is 0 Å². The molecule has 1 aromatic heterocycles. The lowest BCUT2D eigenvalue weighted by Gasteiger charge is -2.22. The fourth-order valence-electron chi connectivity index (χ4n) is 4.82. The Morgan fingerprint density at radius 1 is 1.26 bits per heavy atom. The maximum atomic E-state index is 12.2. The van der Waals surface area contributed by atoms with Gasteiger partial charge in [-0.25, -0.2) is 4.68 Å². The minimum atomic E-state index is -0.0756. The summed E-state index contributed by atoms with van der Waals surface area (Å²) < 4.78 is 1.87. The SMILES string of the molecule is O=C(NCCC1CC2CCC1C2)c1cn(C2CCNCC2)nn1. The van der Waals surface area contributed by atoms with E-state index in [2.05, 4.69) is 20.9 Å². The van der Waals surface area contributed by atoms with Crippen molar-refractivity contribution in [2.45, 2.75) is 51.0 Å². The summed E-state index contributed by atoms with van der Waals surface area (Å²) in [6.07, 6.45) is 10.7. The summed E-state index contributed by atoms with van der Waals surface area (Å²) in [5.41, 5.74) is 0.455. The van der Waals surface area contributed by atoms with E-state index in [0.29, 0.717) is 11.7 Å². The fraction of sp³-hybridized carbons (Fsp3) is 0.824. The fourth-order valence-corrected chi connectivity index (χ4v) is 4.82. The molecular weight excluding hydrogens is 290 g/mol. The molecule has 0 radical (unpaired) electrons. The van der Waals surface area contributed by atoms with Crippen molar-refractivity contribution in [1.82, 2.24) is 25.6 Å². The first kappa shape index (κ1) is 15.1. The molecule has 1 amide bonds. The topological polar surface area (TPSA) is 71.8 Å². The van der Waals surface area contributed by atoms with Crippen LogP contribution in [0.5, 0.6) is 0 Å². The van der Waals surface area contributed by atoms with Crippen LogP contribution in [0.25, 0.3) is 0 Å². The number of fused-ring (bicyclic) bond motifs is 2. The highest BCUT2D eigenvalue weighted by Gasteiger charge is 2.38. The normalized spacial score (nSPS) is 30.7. The third kappa shape index (κ3) is 3.27. The number of carbonyl (C=O) groups is 1. The molecule has 6 nitrogen and oxygen atoms in total. The van der Waals surface area contributed by atoms with Gasteiger partial charge in [0.05, 0.1) is 12.2 Å². The highest BCUT2D eigenvalue weighted by atomic mass is 16.2. The van der Waals surface area contributed by atoms with Crippen molar-refractivity contribution in [3.05, 3.63) is 11.9 Å². The number of piperidine rings is 1. The minimum absolute atomic E-state index is 0.0756. The van der Waals surface area contributed by atoms with Crippen molar-refractivity contribution < 1.29 is 4.79 Å². The molecule has 2 aliphatic carbocycles. The first-order valence-corrected chi connectivity index (χ1v) is 9.20. The molecule has 2 bridgehead atoms. The van der Waals surface area contributed by atoms with Crippen LogP contribution in [0, 0.1) is 17.8 Å². The van der Waals surface area contributed by atoms with Crippen molar-refractivity contribution in [2.24, 2.45) is 17.8 Å². The molecule has 126 valence electrons. The van der Waals surface area contributed by atoms with Crippen LogP contribution in [-0.4, -0.2) is 40.5 Å². The van der Waals surface area contributed by atoms with E-state index >= 15 is 0 Å². The molecule has 3 atom stereocenters. The minimum Gasteiger partial charge on any atom is -0.351 e. The van der Waals surface area contributed by atoms with Gasteiger partial charge in [0.25, 0.3) is 5.91 Å². The van der Waals surface area contributed by atoms with Gasteiger partial charge in [0.2, 0.25) is 0 Å². The Hall–Kier alpha value is -1.43. The van der Waals surface area contributed by atoms with Gasteiger partial charge in [0.1, 0.15) is 0 Å². The van der Waals surface area contributed by atoms with Gasteiger partial charge in [-0.15, -0.1) is 5.10 Å². The second-order valence-corrected chi connectivity index (χ2v) is 7.54. The monoisotopic (exact) mass is 317 g/mol. The molecule has 1 saturated heterocycles. The number of aromatic nitrogens is 3. The maximum absolute atomic E-state index is 12.2. The van der Waals surface area contributed by atoms with Crippen LogP contribution in [0.1, 0.15) is 61.5 Å². The van der Waals surface area contributed by atoms with E-state index in [9.17, 15) is 4.79 Å². The number of hydrogen-bond acceptors (Lipinski definition) is 4. The number of nitrogens with zero attached hydrogens (tertiary/aromatic N) is 3. The van der Waals surface area contributed by atoms with Crippen LogP contribution in [-0.2, 0) is 0 Å². The Balaban J connectivity index is 1.25. The average Bonchev–Trinajstić information content (AvgIpc) is 3.32. The number of hydrogen-bond donors (Lipinski definition) is 2. The Labute approximate surface area is 137 Å². The first-order chi connectivity index (χ1) is 11.3. The van der Waals surface area contributed by atoms with E-state index in [-0.39, 0.29) is 5.91 Å². The van der Waals surface area contributed by atoms with Gasteiger partial charge >= 0.3 is 0 Å². The molecule has 6 heteroatoms. The van der Waals surface area contributed by atoms with Crippen molar-refractivity contribution in [3.8, 4) is 0 Å². The van der Waals surface area contributed by atoms with E-state index in [1.807, 2.05) is 10.9 Å². The summed E-state index contributed by atoms with van der Waals surface area (Å²) in [4.78, 5) is 12.2. The molecule has 1 aliphatic heterocycles. The van der Waals surface area contributed by atoms with E-state index in [0.717, 1.165) is 56.7 Å². The van der Waals surface area contributed by atoms with E-state index in [4.69, 9.17) is 0 Å². The number of carbonyl (C=O) groups excluding carboxylic acids is 1. The zero-order chi connectivity index (χ0) is 15.6. The standard InChI is InChI=1S/C17H27N5O/c23-17(19-8-3-14-10-12-1-2-13(14)9-12)16-11-22(21-20-16)15-4-6-18-7-5-15/h11-15,18H,1-10H2,(H,19,23). The lowest BCUT2D eigenvalue weighted by molar-refractivity contribution is 0.0944. The Kier molecular flexibility index (Phi) is 4.33. The molecule has 0 spiro atoms. The van der Waals surface area contributed by atoms with Crippen LogP contribution in [0.15, 0.2) is 6.20 Å². The zero-order valence-corrected chi connectivity index (χ0v) is 13.7. The highest BCUT2D eigenvalue weighted by molar-refractivity contribution is 5.91. The third-order valence-corrected chi connectivity index (χ3v) is 6.11. The first-order valence-electron chi connectivity index (χ1n) is 9.20. The van der Waals surface area contributed by atoms with E-state index in [1.165, 1.54) is 25.7 Å². The summed E-state index contributed by atoms with van der Waals surface area (Å²) >= 11 is 0. The number of rotatable bonds is 5. The van der Waals surface area contributed by atoms with Crippen molar-refractivity contribution in [1.29, 1.82) is 0 Å². The predicted molar refractivity (Wildman–Crippen MR) is 87.1 cm³/mol. The van der Waals surface area contributed by atoms with Gasteiger partial charge in [0.15, 0.2) is 5.69 Å². The Morgan fingerprint density at radius 2 is 2.13 bits per heavy atom. The lowest BCUT2D eigenvalue weighted by Crippen LogP contribution is -2.29. The summed E-state index contributed by atoms with van der Waals surface area (Å²) in [7, 11) is 0. The van der Waals surface area contributed by atoms with Crippen LogP contribution < -0.4 is 10.6 Å². The summed E-state index contributed by atoms with van der Waals surface area (Å²) in [6.45, 7) is 2.79. The molecule has 3 fully saturated rings. The summed E-state index contributed by atoms with van der Waals surface area (Å²) in [5, 5.41) is 14.6. The van der Waals surface area contributed by atoms with Gasteiger partial charge < -0.3 is 10.6 Å². The van der Waals surface area contributed by atoms with Crippen LogP contribution in [0.2, 0.25) is 0 Å². The smallest absolute Gasteiger partial charge is 0.273 e. The maximum Gasteiger partial charge on any atom is 0.273 e. The van der Waals surface area contributed by atoms with Gasteiger partial charge in [0, 0.05) is 6.54 Å². The molecule has 3 aliphatic rings. The van der Waals surface area contributed by atoms with Crippen LogP contribution in [0.3, 0.4) is 0 Å². The highest BCUT2D eigenvalue weighted by Crippen LogP contribution is 2.49. The largest absolute Gasteiger partial charge is 0.351 e. The number of amides is 1.